The van der Waals surface area contributed by atoms with Crippen molar-refractivity contribution in [1.82, 2.24) is 10.2 Å². The smallest absolute Gasteiger partial charge is 0.0672 e. The summed E-state index contributed by atoms with van der Waals surface area (Å²) in [6.45, 7) is 3.17. The maximum absolute atomic E-state index is 6.00. The van der Waals surface area contributed by atoms with Crippen molar-refractivity contribution in [3.8, 4) is 0 Å². The number of anilines is 2. The minimum atomic E-state index is 0.627. The molecule has 0 aliphatic heterocycles. The maximum atomic E-state index is 6.00. The molecule has 5 heteroatoms. The summed E-state index contributed by atoms with van der Waals surface area (Å²) in [4.78, 5) is 0. The van der Waals surface area contributed by atoms with Gasteiger partial charge >= 0.3 is 0 Å². The van der Waals surface area contributed by atoms with Gasteiger partial charge in [-0.1, -0.05) is 6.92 Å². The highest BCUT2D eigenvalue weighted by Gasteiger charge is 2.05. The first kappa shape index (κ1) is 12.1. The molecule has 0 bridgehead atoms. The van der Waals surface area contributed by atoms with Gasteiger partial charge in [0.25, 0.3) is 0 Å². The lowest BCUT2D eigenvalue weighted by atomic mass is 10.2. The van der Waals surface area contributed by atoms with Gasteiger partial charge in [-0.2, -0.15) is 16.9 Å². The van der Waals surface area contributed by atoms with Crippen LogP contribution in [0.25, 0.3) is 10.9 Å². The van der Waals surface area contributed by atoms with Crippen LogP contribution in [-0.2, 0) is 0 Å². The van der Waals surface area contributed by atoms with Crippen LogP contribution in [0, 0.1) is 5.92 Å². The van der Waals surface area contributed by atoms with Gasteiger partial charge in [-0.3, -0.25) is 5.10 Å². The second kappa shape index (κ2) is 5.31. The Bertz CT molecular complexity index is 494. The molecule has 0 fully saturated rings. The van der Waals surface area contributed by atoms with Crippen molar-refractivity contribution in [1.29, 1.82) is 0 Å². The average Bonchev–Trinajstić information content (AvgIpc) is 2.73. The highest BCUT2D eigenvalue weighted by atomic mass is 32.2. The van der Waals surface area contributed by atoms with Crippen molar-refractivity contribution in [2.45, 2.75) is 6.92 Å². The molecule has 0 aliphatic carbocycles. The molecule has 2 rings (SSSR count). The van der Waals surface area contributed by atoms with Crippen molar-refractivity contribution >= 4 is 34.0 Å². The van der Waals surface area contributed by atoms with Gasteiger partial charge in [-0.15, -0.1) is 0 Å². The summed E-state index contributed by atoms with van der Waals surface area (Å²) in [7, 11) is 0. The Labute approximate surface area is 105 Å². The summed E-state index contributed by atoms with van der Waals surface area (Å²) in [5.74, 6) is 1.78. The number of benzene rings is 1. The Morgan fingerprint density at radius 2 is 2.35 bits per heavy atom. The van der Waals surface area contributed by atoms with Crippen LogP contribution in [0.4, 0.5) is 11.4 Å². The summed E-state index contributed by atoms with van der Waals surface area (Å²) in [5.41, 5.74) is 8.76. The van der Waals surface area contributed by atoms with Gasteiger partial charge in [0.2, 0.25) is 0 Å². The molecule has 17 heavy (non-hydrogen) atoms. The fourth-order valence-electron chi connectivity index (χ4n) is 1.79. The third kappa shape index (κ3) is 2.85. The standard InChI is InChI=1S/C12H18N4S/c1-8(7-17-2)5-14-12-4-11-9(3-10(12)13)6-15-16-11/h3-4,6,8,14H,5,7,13H2,1-2H3,(H,15,16). The summed E-state index contributed by atoms with van der Waals surface area (Å²) < 4.78 is 0. The Hall–Kier alpha value is -1.36. The van der Waals surface area contributed by atoms with Crippen LogP contribution in [0.15, 0.2) is 18.3 Å². The van der Waals surface area contributed by atoms with Crippen molar-refractivity contribution < 1.29 is 0 Å². The normalized spacial score (nSPS) is 12.8. The van der Waals surface area contributed by atoms with Gasteiger partial charge in [0.05, 0.1) is 23.1 Å². The molecule has 0 saturated carbocycles. The molecule has 1 heterocycles. The number of nitrogen functional groups attached to an aromatic ring is 1. The molecule has 92 valence electrons. The van der Waals surface area contributed by atoms with E-state index in [2.05, 4.69) is 28.7 Å². The third-order valence-corrected chi connectivity index (χ3v) is 3.60. The van der Waals surface area contributed by atoms with Crippen molar-refractivity contribution in [2.24, 2.45) is 5.92 Å². The Morgan fingerprint density at radius 1 is 1.53 bits per heavy atom. The molecule has 1 unspecified atom stereocenters. The number of aromatic nitrogens is 2. The number of hydrogen-bond donors (Lipinski definition) is 3. The van der Waals surface area contributed by atoms with Gasteiger partial charge in [0.1, 0.15) is 0 Å². The minimum Gasteiger partial charge on any atom is -0.397 e. The van der Waals surface area contributed by atoms with Crippen LogP contribution in [0.2, 0.25) is 0 Å². The van der Waals surface area contributed by atoms with E-state index >= 15 is 0 Å². The maximum Gasteiger partial charge on any atom is 0.0672 e. The molecule has 1 atom stereocenters. The van der Waals surface area contributed by atoms with E-state index in [4.69, 9.17) is 5.73 Å². The molecule has 1 aromatic carbocycles. The molecule has 1 aromatic heterocycles. The van der Waals surface area contributed by atoms with Crippen molar-refractivity contribution in [3.05, 3.63) is 18.3 Å². The first-order valence-corrected chi connectivity index (χ1v) is 7.05. The molecule has 0 saturated heterocycles. The topological polar surface area (TPSA) is 66.7 Å². The monoisotopic (exact) mass is 250 g/mol. The highest BCUT2D eigenvalue weighted by molar-refractivity contribution is 7.98. The SMILES string of the molecule is CSCC(C)CNc1cc2[nH]ncc2cc1N. The van der Waals surface area contributed by atoms with Crippen LogP contribution >= 0.6 is 11.8 Å². The number of hydrogen-bond acceptors (Lipinski definition) is 4. The van der Waals surface area contributed by atoms with Crippen LogP contribution in [0.5, 0.6) is 0 Å². The summed E-state index contributed by atoms with van der Waals surface area (Å²) in [6.07, 6.45) is 3.91. The summed E-state index contributed by atoms with van der Waals surface area (Å²) in [6, 6.07) is 3.96. The second-order valence-corrected chi connectivity index (χ2v) is 5.25. The number of nitrogens with zero attached hydrogens (tertiary/aromatic N) is 1. The van der Waals surface area contributed by atoms with Gasteiger partial charge in [-0.05, 0) is 30.1 Å². The number of rotatable bonds is 5. The van der Waals surface area contributed by atoms with Crippen molar-refractivity contribution in [3.63, 3.8) is 0 Å². The Morgan fingerprint density at radius 3 is 3.12 bits per heavy atom. The molecule has 2 aromatic rings. The van der Waals surface area contributed by atoms with Gasteiger partial charge in [0, 0.05) is 11.9 Å². The fourth-order valence-corrected chi connectivity index (χ4v) is 2.48. The molecular weight excluding hydrogens is 232 g/mol. The zero-order chi connectivity index (χ0) is 12.3. The quantitative estimate of drug-likeness (QED) is 0.713. The molecule has 0 radical (unpaired) electrons. The second-order valence-electron chi connectivity index (χ2n) is 4.34. The zero-order valence-electron chi connectivity index (χ0n) is 10.2. The first-order valence-electron chi connectivity index (χ1n) is 5.66. The number of thioether (sulfide) groups is 1. The first-order chi connectivity index (χ1) is 8.20. The van der Waals surface area contributed by atoms with Crippen LogP contribution in [-0.4, -0.2) is 28.8 Å². The zero-order valence-corrected chi connectivity index (χ0v) is 11.0. The van der Waals surface area contributed by atoms with E-state index < -0.39 is 0 Å². The predicted molar refractivity (Wildman–Crippen MR) is 76.5 cm³/mol. The van der Waals surface area contributed by atoms with Gasteiger partial charge < -0.3 is 11.1 Å². The molecule has 0 spiro atoms. The molecular formula is C12H18N4S. The van der Waals surface area contributed by atoms with E-state index in [1.54, 1.807) is 6.20 Å². The number of aromatic amines is 1. The average molecular weight is 250 g/mol. The van der Waals surface area contributed by atoms with Gasteiger partial charge in [0.15, 0.2) is 0 Å². The highest BCUT2D eigenvalue weighted by Crippen LogP contribution is 2.24. The lowest BCUT2D eigenvalue weighted by Gasteiger charge is -2.14. The summed E-state index contributed by atoms with van der Waals surface area (Å²) >= 11 is 1.87. The van der Waals surface area contributed by atoms with E-state index in [1.807, 2.05) is 23.9 Å². The van der Waals surface area contributed by atoms with Crippen LogP contribution < -0.4 is 11.1 Å². The molecule has 0 amide bonds. The van der Waals surface area contributed by atoms with Crippen LogP contribution in [0.1, 0.15) is 6.92 Å². The lowest BCUT2D eigenvalue weighted by molar-refractivity contribution is 0.702. The van der Waals surface area contributed by atoms with E-state index in [0.29, 0.717) is 5.92 Å². The number of fused-ring (bicyclic) bond motifs is 1. The van der Waals surface area contributed by atoms with E-state index in [0.717, 1.165) is 34.6 Å². The largest absolute Gasteiger partial charge is 0.397 e. The lowest BCUT2D eigenvalue weighted by Crippen LogP contribution is -2.14. The van der Waals surface area contributed by atoms with E-state index in [9.17, 15) is 0 Å². The molecule has 4 nitrogen and oxygen atoms in total. The minimum absolute atomic E-state index is 0.627. The predicted octanol–water partition coefficient (Wildman–Crippen LogP) is 2.56. The number of H-pyrrole nitrogens is 1. The number of nitrogens with two attached hydrogens (primary N) is 1. The van der Waals surface area contributed by atoms with Gasteiger partial charge in [-0.25, -0.2) is 0 Å². The molecule has 4 N–H and O–H groups in total. The fraction of sp³-hybridized carbons (Fsp3) is 0.417. The van der Waals surface area contributed by atoms with E-state index in [-0.39, 0.29) is 0 Å². The van der Waals surface area contributed by atoms with E-state index in [1.165, 1.54) is 0 Å². The number of nitrogens with one attached hydrogen (secondary N) is 2. The third-order valence-electron chi connectivity index (χ3n) is 2.70. The van der Waals surface area contributed by atoms with Crippen molar-refractivity contribution in [2.75, 3.05) is 29.6 Å². The van der Waals surface area contributed by atoms with Crippen LogP contribution in [0.3, 0.4) is 0 Å². The Balaban J connectivity index is 2.09. The molecule has 0 aliphatic rings. The Kier molecular flexibility index (Phi) is 3.78. The summed E-state index contributed by atoms with van der Waals surface area (Å²) in [5, 5.41) is 11.4.